The average molecular weight is 430 g/mol. The molecule has 24 heavy (non-hydrogen) atoms. The number of hydrogen-bond donors (Lipinski definition) is 2. The van der Waals surface area contributed by atoms with Crippen LogP contribution >= 0.6 is 22.6 Å². The molecule has 0 aliphatic carbocycles. The summed E-state index contributed by atoms with van der Waals surface area (Å²) in [6, 6.07) is 15.8. The lowest BCUT2D eigenvalue weighted by Crippen LogP contribution is -2.29. The molecule has 0 saturated carbocycles. The van der Waals surface area contributed by atoms with E-state index in [-0.39, 0.29) is 5.96 Å². The zero-order chi connectivity index (χ0) is 17.1. The molecule has 0 unspecified atom stereocenters. The molecule has 1 amide bonds. The summed E-state index contributed by atoms with van der Waals surface area (Å²) in [5.41, 5.74) is 10.3. The van der Waals surface area contributed by atoms with Gasteiger partial charge in [-0.25, -0.2) is 9.98 Å². The van der Waals surface area contributed by atoms with Gasteiger partial charge in [-0.05, 0) is 53.3 Å². The first-order valence-corrected chi connectivity index (χ1v) is 8.37. The van der Waals surface area contributed by atoms with Crippen LogP contribution in [0.15, 0.2) is 53.5 Å². The van der Waals surface area contributed by atoms with E-state index in [1.807, 2.05) is 55.5 Å². The van der Waals surface area contributed by atoms with E-state index in [0.29, 0.717) is 12.1 Å². The van der Waals surface area contributed by atoms with Gasteiger partial charge >= 0.3 is 0 Å². The second-order valence-corrected chi connectivity index (χ2v) is 6.40. The number of aliphatic imine (C=N–C) groups is 1. The number of aromatic nitrogens is 1. The third-order valence-corrected chi connectivity index (χ3v) is 4.53. The standard InChI is InChI=1S/C18H15IN4O/c1-11-5-2-3-6-12(11)15-9-16(23-18(20)21-10-24)17-13(19)7-4-8-14(17)22-15/h2-10H,1H3,(H3,20,21,22,23,24). The van der Waals surface area contributed by atoms with Gasteiger partial charge in [-0.3, -0.25) is 10.1 Å². The lowest BCUT2D eigenvalue weighted by atomic mass is 10.0. The van der Waals surface area contributed by atoms with E-state index in [4.69, 9.17) is 10.7 Å². The van der Waals surface area contributed by atoms with E-state index >= 15 is 0 Å². The number of guanidine groups is 1. The highest BCUT2D eigenvalue weighted by Crippen LogP contribution is 2.34. The van der Waals surface area contributed by atoms with Gasteiger partial charge in [0.1, 0.15) is 0 Å². The first kappa shape index (κ1) is 16.4. The summed E-state index contributed by atoms with van der Waals surface area (Å²) < 4.78 is 1.02. The SMILES string of the molecule is Cc1ccccc1-c1cc(N=C(N)NC=O)c2c(I)cccc2n1. The first-order chi connectivity index (χ1) is 11.6. The molecule has 0 aliphatic heterocycles. The molecule has 3 aromatic rings. The van der Waals surface area contributed by atoms with Crippen LogP contribution in [0.2, 0.25) is 0 Å². The van der Waals surface area contributed by atoms with Crippen LogP contribution in [0.4, 0.5) is 5.69 Å². The Morgan fingerprint density at radius 3 is 2.79 bits per heavy atom. The van der Waals surface area contributed by atoms with Crippen molar-refractivity contribution in [1.82, 2.24) is 10.3 Å². The molecular formula is C18H15IN4O. The van der Waals surface area contributed by atoms with Gasteiger partial charge in [0.25, 0.3) is 0 Å². The molecule has 6 heteroatoms. The largest absolute Gasteiger partial charge is 0.369 e. The number of halogens is 1. The van der Waals surface area contributed by atoms with Crippen molar-refractivity contribution in [3.63, 3.8) is 0 Å². The number of carbonyl (C=O) groups is 1. The third-order valence-electron chi connectivity index (χ3n) is 3.63. The van der Waals surface area contributed by atoms with E-state index < -0.39 is 0 Å². The summed E-state index contributed by atoms with van der Waals surface area (Å²) in [6.07, 6.45) is 0.509. The van der Waals surface area contributed by atoms with Crippen molar-refractivity contribution < 1.29 is 4.79 Å². The summed E-state index contributed by atoms with van der Waals surface area (Å²) in [5.74, 6) is 0.0490. The quantitative estimate of drug-likeness (QED) is 0.289. The normalized spacial score (nSPS) is 11.5. The van der Waals surface area contributed by atoms with Crippen LogP contribution in [0.1, 0.15) is 5.56 Å². The van der Waals surface area contributed by atoms with Crippen LogP contribution < -0.4 is 11.1 Å². The molecule has 2 aromatic carbocycles. The fourth-order valence-corrected chi connectivity index (χ4v) is 3.29. The van der Waals surface area contributed by atoms with Crippen LogP contribution in [0.5, 0.6) is 0 Å². The molecule has 3 rings (SSSR count). The molecule has 0 saturated heterocycles. The number of nitrogens with zero attached hydrogens (tertiary/aromatic N) is 2. The molecule has 5 nitrogen and oxygen atoms in total. The monoisotopic (exact) mass is 430 g/mol. The molecule has 3 N–H and O–H groups in total. The molecule has 1 heterocycles. The van der Waals surface area contributed by atoms with Crippen molar-refractivity contribution in [2.45, 2.75) is 6.92 Å². The van der Waals surface area contributed by atoms with Crippen molar-refractivity contribution >= 4 is 51.6 Å². The maximum atomic E-state index is 10.6. The summed E-state index contributed by atoms with van der Waals surface area (Å²) in [4.78, 5) is 19.7. The Balaban J connectivity index is 2.29. The van der Waals surface area contributed by atoms with Crippen LogP contribution in [-0.2, 0) is 4.79 Å². The first-order valence-electron chi connectivity index (χ1n) is 7.30. The average Bonchev–Trinajstić information content (AvgIpc) is 2.55. The van der Waals surface area contributed by atoms with Crippen molar-refractivity contribution in [3.05, 3.63) is 57.7 Å². The van der Waals surface area contributed by atoms with Crippen LogP contribution in [0.3, 0.4) is 0 Å². The van der Waals surface area contributed by atoms with Crippen LogP contribution in [0.25, 0.3) is 22.2 Å². The number of fused-ring (bicyclic) bond motifs is 1. The number of carbonyl (C=O) groups excluding carboxylic acids is 1. The number of pyridine rings is 1. The zero-order valence-corrected chi connectivity index (χ0v) is 15.1. The highest BCUT2D eigenvalue weighted by Gasteiger charge is 2.11. The number of benzene rings is 2. The van der Waals surface area contributed by atoms with Gasteiger partial charge in [0.15, 0.2) is 5.96 Å². The molecule has 0 atom stereocenters. The van der Waals surface area contributed by atoms with E-state index in [1.54, 1.807) is 0 Å². The third kappa shape index (κ3) is 3.23. The zero-order valence-electron chi connectivity index (χ0n) is 13.0. The lowest BCUT2D eigenvalue weighted by Gasteiger charge is -2.10. The second kappa shape index (κ2) is 6.96. The maximum Gasteiger partial charge on any atom is 0.213 e. The topological polar surface area (TPSA) is 80.4 Å². The Labute approximate surface area is 153 Å². The molecular weight excluding hydrogens is 415 g/mol. The molecule has 0 bridgehead atoms. The second-order valence-electron chi connectivity index (χ2n) is 5.23. The maximum absolute atomic E-state index is 10.6. The van der Waals surface area contributed by atoms with Gasteiger partial charge in [0, 0.05) is 14.5 Å². The number of rotatable bonds is 3. The van der Waals surface area contributed by atoms with Crippen LogP contribution in [0, 0.1) is 10.5 Å². The van der Waals surface area contributed by atoms with Crippen molar-refractivity contribution in [2.24, 2.45) is 10.7 Å². The number of nitrogens with one attached hydrogen (secondary N) is 1. The number of aryl methyl sites for hydroxylation is 1. The van der Waals surface area contributed by atoms with Crippen LogP contribution in [-0.4, -0.2) is 17.4 Å². The Hall–Kier alpha value is -2.48. The summed E-state index contributed by atoms with van der Waals surface area (Å²) in [5, 5.41) is 3.28. The lowest BCUT2D eigenvalue weighted by molar-refractivity contribution is -0.108. The van der Waals surface area contributed by atoms with Crippen molar-refractivity contribution in [2.75, 3.05) is 0 Å². The smallest absolute Gasteiger partial charge is 0.213 e. The minimum Gasteiger partial charge on any atom is -0.369 e. The summed E-state index contributed by atoms with van der Waals surface area (Å²) in [7, 11) is 0. The number of nitrogens with two attached hydrogens (primary N) is 1. The van der Waals surface area contributed by atoms with Crippen molar-refractivity contribution in [3.8, 4) is 11.3 Å². The minimum absolute atomic E-state index is 0.0490. The van der Waals surface area contributed by atoms with Gasteiger partial charge in [0.05, 0.1) is 16.9 Å². The predicted molar refractivity (Wildman–Crippen MR) is 105 cm³/mol. The van der Waals surface area contributed by atoms with Crippen molar-refractivity contribution in [1.29, 1.82) is 0 Å². The van der Waals surface area contributed by atoms with E-state index in [1.165, 1.54) is 0 Å². The predicted octanol–water partition coefficient (Wildman–Crippen LogP) is 3.51. The fraction of sp³-hybridized carbons (Fsp3) is 0.0556. The van der Waals surface area contributed by atoms with Gasteiger partial charge in [-0.2, -0.15) is 0 Å². The molecule has 0 radical (unpaired) electrons. The highest BCUT2D eigenvalue weighted by atomic mass is 127. The highest BCUT2D eigenvalue weighted by molar-refractivity contribution is 14.1. The Kier molecular flexibility index (Phi) is 4.75. The fourth-order valence-electron chi connectivity index (χ4n) is 2.53. The number of amides is 1. The minimum atomic E-state index is 0.0490. The molecule has 0 spiro atoms. The van der Waals surface area contributed by atoms with E-state index in [0.717, 1.165) is 31.3 Å². The Morgan fingerprint density at radius 1 is 1.25 bits per heavy atom. The summed E-state index contributed by atoms with van der Waals surface area (Å²) in [6.45, 7) is 2.04. The number of hydrogen-bond acceptors (Lipinski definition) is 3. The van der Waals surface area contributed by atoms with E-state index in [2.05, 4.69) is 32.9 Å². The van der Waals surface area contributed by atoms with Gasteiger partial charge in [-0.15, -0.1) is 0 Å². The Morgan fingerprint density at radius 2 is 2.04 bits per heavy atom. The molecule has 120 valence electrons. The Bertz CT molecular complexity index is 953. The summed E-state index contributed by atoms with van der Waals surface area (Å²) >= 11 is 2.24. The van der Waals surface area contributed by atoms with E-state index in [9.17, 15) is 4.79 Å². The molecule has 0 aliphatic rings. The van der Waals surface area contributed by atoms with Gasteiger partial charge in [-0.1, -0.05) is 30.3 Å². The van der Waals surface area contributed by atoms with Gasteiger partial charge in [0.2, 0.25) is 6.41 Å². The molecule has 1 aromatic heterocycles. The van der Waals surface area contributed by atoms with Gasteiger partial charge < -0.3 is 5.73 Å². The molecule has 0 fully saturated rings.